The van der Waals surface area contributed by atoms with E-state index in [0.717, 1.165) is 30.7 Å². The maximum atomic E-state index is 6.35. The average Bonchev–Trinajstić information content (AvgIpc) is 2.94. The molecule has 5 heteroatoms. The van der Waals surface area contributed by atoms with Gasteiger partial charge in [0.25, 0.3) is 5.78 Å². The maximum Gasteiger partial charge on any atom is 0.252 e. The third kappa shape index (κ3) is 1.70. The van der Waals surface area contributed by atoms with Crippen LogP contribution in [0.4, 0.5) is 0 Å². The van der Waals surface area contributed by atoms with Gasteiger partial charge in [-0.1, -0.05) is 19.8 Å². The fourth-order valence-electron chi connectivity index (χ4n) is 2.44. The highest BCUT2D eigenvalue weighted by Gasteiger charge is 2.35. The largest absolute Gasteiger partial charge is 0.319 e. The number of hydrogen-bond donors (Lipinski definition) is 1. The van der Waals surface area contributed by atoms with Gasteiger partial charge < -0.3 is 5.73 Å². The lowest BCUT2D eigenvalue weighted by Crippen LogP contribution is -2.34. The smallest absolute Gasteiger partial charge is 0.252 e. The van der Waals surface area contributed by atoms with Gasteiger partial charge in [0.1, 0.15) is 0 Å². The molecule has 5 nitrogen and oxygen atoms in total. The molecule has 0 spiro atoms. The lowest BCUT2D eigenvalue weighted by molar-refractivity contribution is 0.432. The third-order valence-electron chi connectivity index (χ3n) is 3.60. The van der Waals surface area contributed by atoms with E-state index in [0.29, 0.717) is 5.78 Å². The number of nitrogens with two attached hydrogens (primary N) is 1. The second kappa shape index (κ2) is 3.77. The molecule has 0 amide bonds. The lowest BCUT2D eigenvalue weighted by atomic mass is 9.99. The van der Waals surface area contributed by atoms with E-state index in [1.165, 1.54) is 12.8 Å². The first-order valence-corrected chi connectivity index (χ1v) is 6.22. The van der Waals surface area contributed by atoms with Crippen molar-refractivity contribution in [3.05, 3.63) is 23.8 Å². The fraction of sp³-hybridized carbons (Fsp3) is 0.583. The summed E-state index contributed by atoms with van der Waals surface area (Å²) in [5, 5.41) is 4.49. The zero-order valence-electron chi connectivity index (χ0n) is 10.1. The van der Waals surface area contributed by atoms with Crippen LogP contribution < -0.4 is 5.73 Å². The molecule has 1 fully saturated rings. The molecule has 0 saturated heterocycles. The highest BCUT2D eigenvalue weighted by molar-refractivity contribution is 5.29. The molecule has 2 N–H and O–H groups in total. The topological polar surface area (TPSA) is 69.1 Å². The normalized spacial score (nSPS) is 18.9. The molecule has 2 aromatic rings. The first kappa shape index (κ1) is 10.7. The van der Waals surface area contributed by atoms with Crippen LogP contribution in [-0.4, -0.2) is 19.6 Å². The maximum absolute atomic E-state index is 6.35. The van der Waals surface area contributed by atoms with E-state index >= 15 is 0 Å². The van der Waals surface area contributed by atoms with Gasteiger partial charge in [-0.15, -0.1) is 5.10 Å². The van der Waals surface area contributed by atoms with Gasteiger partial charge in [-0.05, 0) is 24.8 Å². The molecule has 17 heavy (non-hydrogen) atoms. The van der Waals surface area contributed by atoms with Crippen LogP contribution in [0.25, 0.3) is 5.78 Å². The molecule has 90 valence electrons. The van der Waals surface area contributed by atoms with E-state index < -0.39 is 0 Å². The van der Waals surface area contributed by atoms with Crippen molar-refractivity contribution in [3.63, 3.8) is 0 Å². The number of hydrogen-bond acceptors (Lipinski definition) is 4. The Balaban J connectivity index is 2.07. The number of fused-ring (bicyclic) bond motifs is 1. The minimum absolute atomic E-state index is 0.333. The van der Waals surface area contributed by atoms with Gasteiger partial charge in [0, 0.05) is 12.4 Å². The van der Waals surface area contributed by atoms with E-state index in [1.54, 1.807) is 4.52 Å². The predicted octanol–water partition coefficient (Wildman–Crippen LogP) is 1.41. The summed E-state index contributed by atoms with van der Waals surface area (Å²) in [6.45, 7) is 2.10. The van der Waals surface area contributed by atoms with Crippen LogP contribution >= 0.6 is 0 Å². The molecule has 2 heterocycles. The summed E-state index contributed by atoms with van der Waals surface area (Å²) < 4.78 is 1.75. The van der Waals surface area contributed by atoms with Crippen LogP contribution in [0.1, 0.15) is 44.0 Å². The Labute approximate surface area is 100 Å². The average molecular weight is 231 g/mol. The lowest BCUT2D eigenvalue weighted by Gasteiger charge is -2.18. The SMILES string of the molecule is CCc1cnc2nc(C3(N)CCCC3)nn2c1. The van der Waals surface area contributed by atoms with Crippen LogP contribution in [0.15, 0.2) is 12.4 Å². The van der Waals surface area contributed by atoms with E-state index in [2.05, 4.69) is 22.0 Å². The standard InChI is InChI=1S/C12H17N5/c1-2-9-7-14-11-15-10(16-17(11)8-9)12(13)5-3-4-6-12/h7-8H,2-6,13H2,1H3. The Hall–Kier alpha value is -1.49. The monoisotopic (exact) mass is 231 g/mol. The molecule has 0 aliphatic heterocycles. The summed E-state index contributed by atoms with van der Waals surface area (Å²) >= 11 is 0. The Morgan fingerprint density at radius 3 is 2.88 bits per heavy atom. The van der Waals surface area contributed by atoms with Gasteiger partial charge in [-0.25, -0.2) is 9.50 Å². The van der Waals surface area contributed by atoms with Gasteiger partial charge >= 0.3 is 0 Å². The van der Waals surface area contributed by atoms with Crippen LogP contribution in [0.2, 0.25) is 0 Å². The molecule has 0 unspecified atom stereocenters. The van der Waals surface area contributed by atoms with E-state index in [9.17, 15) is 0 Å². The summed E-state index contributed by atoms with van der Waals surface area (Å²) in [6, 6.07) is 0. The van der Waals surface area contributed by atoms with E-state index in [-0.39, 0.29) is 5.54 Å². The number of rotatable bonds is 2. The molecule has 1 aliphatic rings. The Morgan fingerprint density at radius 2 is 2.18 bits per heavy atom. The molecule has 0 aromatic carbocycles. The fourth-order valence-corrected chi connectivity index (χ4v) is 2.44. The minimum Gasteiger partial charge on any atom is -0.319 e. The quantitative estimate of drug-likeness (QED) is 0.848. The number of nitrogens with zero attached hydrogens (tertiary/aromatic N) is 4. The van der Waals surface area contributed by atoms with Crippen molar-refractivity contribution in [1.29, 1.82) is 0 Å². The second-order valence-electron chi connectivity index (χ2n) is 4.86. The Kier molecular flexibility index (Phi) is 2.36. The van der Waals surface area contributed by atoms with Crippen molar-refractivity contribution in [2.45, 2.75) is 44.6 Å². The van der Waals surface area contributed by atoms with Gasteiger partial charge in [0.15, 0.2) is 5.82 Å². The molecule has 1 aliphatic carbocycles. The molecule has 2 aromatic heterocycles. The highest BCUT2D eigenvalue weighted by atomic mass is 15.3. The summed E-state index contributed by atoms with van der Waals surface area (Å²) in [5.74, 6) is 1.39. The van der Waals surface area contributed by atoms with Gasteiger partial charge in [0.2, 0.25) is 0 Å². The minimum atomic E-state index is -0.333. The highest BCUT2D eigenvalue weighted by Crippen LogP contribution is 2.34. The van der Waals surface area contributed by atoms with Crippen molar-refractivity contribution < 1.29 is 0 Å². The molecule has 0 bridgehead atoms. The predicted molar refractivity (Wildman–Crippen MR) is 64.5 cm³/mol. The number of aryl methyl sites for hydroxylation is 1. The molecule has 3 rings (SSSR count). The zero-order chi connectivity index (χ0) is 11.9. The summed E-state index contributed by atoms with van der Waals surface area (Å²) in [5.41, 5.74) is 7.17. The molecule has 1 saturated carbocycles. The van der Waals surface area contributed by atoms with E-state index in [1.807, 2.05) is 12.4 Å². The second-order valence-corrected chi connectivity index (χ2v) is 4.86. The zero-order valence-corrected chi connectivity index (χ0v) is 10.1. The molecule has 0 radical (unpaired) electrons. The Morgan fingerprint density at radius 1 is 1.41 bits per heavy atom. The van der Waals surface area contributed by atoms with Gasteiger partial charge in [-0.3, -0.25) is 0 Å². The van der Waals surface area contributed by atoms with Crippen molar-refractivity contribution in [2.75, 3.05) is 0 Å². The third-order valence-corrected chi connectivity index (χ3v) is 3.60. The van der Waals surface area contributed by atoms with Crippen molar-refractivity contribution in [1.82, 2.24) is 19.6 Å². The van der Waals surface area contributed by atoms with Crippen molar-refractivity contribution in [2.24, 2.45) is 5.73 Å². The first-order chi connectivity index (χ1) is 8.21. The first-order valence-electron chi connectivity index (χ1n) is 6.22. The molecular weight excluding hydrogens is 214 g/mol. The molecular formula is C12H17N5. The van der Waals surface area contributed by atoms with Gasteiger partial charge in [0.05, 0.1) is 5.54 Å². The summed E-state index contributed by atoms with van der Waals surface area (Å²) in [6.07, 6.45) is 9.07. The molecule has 0 atom stereocenters. The van der Waals surface area contributed by atoms with Crippen molar-refractivity contribution in [3.8, 4) is 0 Å². The van der Waals surface area contributed by atoms with Crippen LogP contribution in [0.5, 0.6) is 0 Å². The number of aromatic nitrogens is 4. The van der Waals surface area contributed by atoms with Crippen LogP contribution in [0.3, 0.4) is 0 Å². The van der Waals surface area contributed by atoms with Crippen LogP contribution in [0, 0.1) is 0 Å². The van der Waals surface area contributed by atoms with E-state index in [4.69, 9.17) is 5.73 Å². The summed E-state index contributed by atoms with van der Waals surface area (Å²) in [7, 11) is 0. The van der Waals surface area contributed by atoms with Crippen molar-refractivity contribution >= 4 is 5.78 Å². The van der Waals surface area contributed by atoms with Gasteiger partial charge in [-0.2, -0.15) is 4.98 Å². The van der Waals surface area contributed by atoms with Crippen LogP contribution in [-0.2, 0) is 12.0 Å². The Bertz CT molecular complexity index is 539. The summed E-state index contributed by atoms with van der Waals surface area (Å²) in [4.78, 5) is 8.77.